The van der Waals surface area contributed by atoms with Gasteiger partial charge in [-0.25, -0.2) is 0 Å². The molecule has 0 radical (unpaired) electrons. The molecule has 1 heterocycles. The molecule has 1 fully saturated rings. The lowest BCUT2D eigenvalue weighted by Crippen LogP contribution is -2.32. The first kappa shape index (κ1) is 10.3. The molecule has 0 spiro atoms. The SMILES string of the molecule is O=C(NC1CCCC1)c1n[nH]c2ccccc12. The Hall–Kier alpha value is -1.84. The van der Waals surface area contributed by atoms with E-state index >= 15 is 0 Å². The highest BCUT2D eigenvalue weighted by molar-refractivity contribution is 6.04. The van der Waals surface area contributed by atoms with Crippen molar-refractivity contribution in [2.75, 3.05) is 0 Å². The second kappa shape index (κ2) is 4.20. The van der Waals surface area contributed by atoms with E-state index in [0.717, 1.165) is 23.7 Å². The number of rotatable bonds is 2. The molecule has 88 valence electrons. The van der Waals surface area contributed by atoms with Crippen LogP contribution in [0.4, 0.5) is 0 Å². The molecule has 1 saturated carbocycles. The van der Waals surface area contributed by atoms with Crippen LogP contribution in [-0.4, -0.2) is 22.1 Å². The van der Waals surface area contributed by atoms with Crippen molar-refractivity contribution in [3.05, 3.63) is 30.0 Å². The van der Waals surface area contributed by atoms with Gasteiger partial charge in [-0.2, -0.15) is 5.10 Å². The zero-order valence-corrected chi connectivity index (χ0v) is 9.57. The molecule has 3 rings (SSSR count). The number of fused-ring (bicyclic) bond motifs is 1. The number of nitrogens with one attached hydrogen (secondary N) is 2. The minimum absolute atomic E-state index is 0.0608. The van der Waals surface area contributed by atoms with Crippen LogP contribution in [0.1, 0.15) is 36.2 Å². The van der Waals surface area contributed by atoms with Gasteiger partial charge in [0.2, 0.25) is 0 Å². The van der Waals surface area contributed by atoms with Crippen LogP contribution in [-0.2, 0) is 0 Å². The summed E-state index contributed by atoms with van der Waals surface area (Å²) in [6.45, 7) is 0. The Morgan fingerprint density at radius 3 is 2.88 bits per heavy atom. The van der Waals surface area contributed by atoms with Gasteiger partial charge < -0.3 is 5.32 Å². The maximum absolute atomic E-state index is 12.1. The number of carbonyl (C=O) groups excluding carboxylic acids is 1. The van der Waals surface area contributed by atoms with E-state index in [0.29, 0.717) is 11.7 Å². The van der Waals surface area contributed by atoms with E-state index in [-0.39, 0.29) is 5.91 Å². The van der Waals surface area contributed by atoms with Crippen LogP contribution < -0.4 is 5.32 Å². The molecule has 1 aromatic carbocycles. The van der Waals surface area contributed by atoms with Crippen LogP contribution in [0.15, 0.2) is 24.3 Å². The number of amides is 1. The molecule has 0 unspecified atom stereocenters. The van der Waals surface area contributed by atoms with E-state index in [2.05, 4.69) is 15.5 Å². The van der Waals surface area contributed by atoms with Gasteiger partial charge >= 0.3 is 0 Å². The Kier molecular flexibility index (Phi) is 2.55. The third kappa shape index (κ3) is 1.90. The number of para-hydroxylation sites is 1. The van der Waals surface area contributed by atoms with Gasteiger partial charge in [0.15, 0.2) is 5.69 Å². The zero-order chi connectivity index (χ0) is 11.7. The molecule has 4 nitrogen and oxygen atoms in total. The van der Waals surface area contributed by atoms with Gasteiger partial charge in [-0.3, -0.25) is 9.89 Å². The minimum Gasteiger partial charge on any atom is -0.348 e. The van der Waals surface area contributed by atoms with Gasteiger partial charge in [-0.15, -0.1) is 0 Å². The fourth-order valence-corrected chi connectivity index (χ4v) is 2.46. The van der Waals surface area contributed by atoms with Crippen molar-refractivity contribution in [2.24, 2.45) is 0 Å². The number of H-pyrrole nitrogens is 1. The first-order valence-electron chi connectivity index (χ1n) is 6.08. The maximum Gasteiger partial charge on any atom is 0.272 e. The molecular formula is C13H15N3O. The second-order valence-electron chi connectivity index (χ2n) is 4.57. The summed E-state index contributed by atoms with van der Waals surface area (Å²) in [6.07, 6.45) is 4.61. The van der Waals surface area contributed by atoms with Crippen molar-refractivity contribution < 1.29 is 4.79 Å². The lowest BCUT2D eigenvalue weighted by atomic mass is 10.2. The summed E-state index contributed by atoms with van der Waals surface area (Å²) in [4.78, 5) is 12.1. The molecule has 0 atom stereocenters. The van der Waals surface area contributed by atoms with Crippen molar-refractivity contribution in [3.8, 4) is 0 Å². The topological polar surface area (TPSA) is 57.8 Å². The molecule has 4 heteroatoms. The monoisotopic (exact) mass is 229 g/mol. The summed E-state index contributed by atoms with van der Waals surface area (Å²) in [5.41, 5.74) is 1.41. The smallest absolute Gasteiger partial charge is 0.272 e. The van der Waals surface area contributed by atoms with Crippen LogP contribution >= 0.6 is 0 Å². The maximum atomic E-state index is 12.1. The van der Waals surface area contributed by atoms with Crippen LogP contribution in [0.25, 0.3) is 10.9 Å². The fourth-order valence-electron chi connectivity index (χ4n) is 2.46. The van der Waals surface area contributed by atoms with Gasteiger partial charge in [-0.1, -0.05) is 31.0 Å². The van der Waals surface area contributed by atoms with Crippen molar-refractivity contribution in [2.45, 2.75) is 31.7 Å². The van der Waals surface area contributed by atoms with E-state index < -0.39 is 0 Å². The molecular weight excluding hydrogens is 214 g/mol. The Bertz CT molecular complexity index is 540. The molecule has 2 N–H and O–H groups in total. The Balaban J connectivity index is 1.85. The van der Waals surface area contributed by atoms with Gasteiger partial charge in [0.05, 0.1) is 5.52 Å². The summed E-state index contributed by atoms with van der Waals surface area (Å²) >= 11 is 0. The summed E-state index contributed by atoms with van der Waals surface area (Å²) in [5, 5.41) is 10.9. The third-order valence-corrected chi connectivity index (χ3v) is 3.38. The van der Waals surface area contributed by atoms with E-state index in [4.69, 9.17) is 0 Å². The number of nitrogens with zero attached hydrogens (tertiary/aromatic N) is 1. The number of hydrogen-bond acceptors (Lipinski definition) is 2. The molecule has 17 heavy (non-hydrogen) atoms. The highest BCUT2D eigenvalue weighted by Gasteiger charge is 2.20. The van der Waals surface area contributed by atoms with Crippen LogP contribution in [0.5, 0.6) is 0 Å². The molecule has 1 aliphatic rings. The third-order valence-electron chi connectivity index (χ3n) is 3.38. The standard InChI is InChI=1S/C13H15N3O/c17-13(14-9-5-1-2-6-9)12-10-7-3-4-8-11(10)15-16-12/h3-4,7-9H,1-2,5-6H2,(H,14,17)(H,15,16). The molecule has 1 aromatic heterocycles. The van der Waals surface area contributed by atoms with Crippen LogP contribution in [0.2, 0.25) is 0 Å². The highest BCUT2D eigenvalue weighted by Crippen LogP contribution is 2.19. The lowest BCUT2D eigenvalue weighted by molar-refractivity contribution is 0.0934. The second-order valence-corrected chi connectivity index (χ2v) is 4.57. The average molecular weight is 229 g/mol. The van der Waals surface area contributed by atoms with Crippen LogP contribution in [0.3, 0.4) is 0 Å². The number of aromatic amines is 1. The molecule has 1 aliphatic carbocycles. The summed E-state index contributed by atoms with van der Waals surface area (Å²) in [7, 11) is 0. The number of aromatic nitrogens is 2. The normalized spacial score (nSPS) is 16.5. The Morgan fingerprint density at radius 1 is 1.29 bits per heavy atom. The predicted molar refractivity (Wildman–Crippen MR) is 65.8 cm³/mol. The summed E-state index contributed by atoms with van der Waals surface area (Å²) < 4.78 is 0. The Labute approximate surface area is 99.4 Å². The van der Waals surface area contributed by atoms with E-state index in [1.54, 1.807) is 0 Å². The predicted octanol–water partition coefficient (Wildman–Crippen LogP) is 2.24. The Morgan fingerprint density at radius 2 is 2.06 bits per heavy atom. The number of benzene rings is 1. The molecule has 1 amide bonds. The van der Waals surface area contributed by atoms with Crippen molar-refractivity contribution in [1.82, 2.24) is 15.5 Å². The highest BCUT2D eigenvalue weighted by atomic mass is 16.2. The first-order valence-corrected chi connectivity index (χ1v) is 6.08. The molecule has 0 saturated heterocycles. The van der Waals surface area contributed by atoms with Crippen molar-refractivity contribution in [1.29, 1.82) is 0 Å². The largest absolute Gasteiger partial charge is 0.348 e. The number of hydrogen-bond donors (Lipinski definition) is 2. The van der Waals surface area contributed by atoms with Crippen molar-refractivity contribution >= 4 is 16.8 Å². The van der Waals surface area contributed by atoms with Gasteiger partial charge in [0.25, 0.3) is 5.91 Å². The van der Waals surface area contributed by atoms with E-state index in [1.807, 2.05) is 24.3 Å². The summed E-state index contributed by atoms with van der Waals surface area (Å²) in [6, 6.07) is 8.03. The minimum atomic E-state index is -0.0608. The number of carbonyl (C=O) groups is 1. The first-order chi connectivity index (χ1) is 8.34. The van der Waals surface area contributed by atoms with Gasteiger partial charge in [-0.05, 0) is 18.9 Å². The zero-order valence-electron chi connectivity index (χ0n) is 9.57. The van der Waals surface area contributed by atoms with Crippen LogP contribution in [0, 0.1) is 0 Å². The summed E-state index contributed by atoms with van der Waals surface area (Å²) in [5.74, 6) is -0.0608. The molecule has 2 aromatic rings. The van der Waals surface area contributed by atoms with E-state index in [9.17, 15) is 4.79 Å². The fraction of sp³-hybridized carbons (Fsp3) is 0.385. The van der Waals surface area contributed by atoms with Gasteiger partial charge in [0, 0.05) is 11.4 Å². The molecule has 0 aliphatic heterocycles. The van der Waals surface area contributed by atoms with Crippen molar-refractivity contribution in [3.63, 3.8) is 0 Å². The molecule has 0 bridgehead atoms. The van der Waals surface area contributed by atoms with Gasteiger partial charge in [0.1, 0.15) is 0 Å². The quantitative estimate of drug-likeness (QED) is 0.829. The van der Waals surface area contributed by atoms with E-state index in [1.165, 1.54) is 12.8 Å². The average Bonchev–Trinajstić information content (AvgIpc) is 2.96. The lowest BCUT2D eigenvalue weighted by Gasteiger charge is -2.10.